The van der Waals surface area contributed by atoms with Gasteiger partial charge in [0, 0.05) is 53.9 Å². The normalized spacial score (nSPS) is 17.8. The molecule has 6 heterocycles. The Balaban J connectivity index is 0.000000161. The van der Waals surface area contributed by atoms with Crippen LogP contribution in [0.15, 0.2) is 150 Å². The van der Waals surface area contributed by atoms with E-state index in [0.717, 1.165) is 94.3 Å². The summed E-state index contributed by atoms with van der Waals surface area (Å²) in [5.74, 6) is 1.22. The highest BCUT2D eigenvalue weighted by Crippen LogP contribution is 2.44. The first-order chi connectivity index (χ1) is 39.1. The fourth-order valence-electron chi connectivity index (χ4n) is 9.33. The van der Waals surface area contributed by atoms with Gasteiger partial charge in [0.1, 0.15) is 4.88 Å². The van der Waals surface area contributed by atoms with Crippen LogP contribution in [-0.2, 0) is 19.4 Å². The van der Waals surface area contributed by atoms with Crippen molar-refractivity contribution in [3.05, 3.63) is 200 Å². The van der Waals surface area contributed by atoms with E-state index < -0.39 is 0 Å². The van der Waals surface area contributed by atoms with Crippen LogP contribution in [0.1, 0.15) is 121 Å². The van der Waals surface area contributed by atoms with Gasteiger partial charge in [-0.3, -0.25) is 0 Å². The molecule has 11 rings (SSSR count). The predicted octanol–water partition coefficient (Wildman–Crippen LogP) is 18.8. The molecule has 0 amide bonds. The summed E-state index contributed by atoms with van der Waals surface area (Å²) in [6.07, 6.45) is 18.4. The maximum Gasteiger partial charge on any atom is 0.494 e. The minimum Gasteiger partial charge on any atom is -0.465 e. The first-order valence-corrected chi connectivity index (χ1v) is 33.4. The van der Waals surface area contributed by atoms with Gasteiger partial charge >= 0.3 is 13.1 Å². The van der Waals surface area contributed by atoms with Crippen molar-refractivity contribution in [1.29, 1.82) is 0 Å². The molecule has 3 aliphatic rings. The van der Waals surface area contributed by atoms with Gasteiger partial charge in [0.15, 0.2) is 0 Å². The van der Waals surface area contributed by atoms with Gasteiger partial charge in [0.05, 0.1) is 51.9 Å². The summed E-state index contributed by atoms with van der Waals surface area (Å²) in [4.78, 5) is 29.9. The van der Waals surface area contributed by atoms with E-state index in [-0.39, 0.29) is 24.3 Å². The number of esters is 1. The van der Waals surface area contributed by atoms with Crippen LogP contribution in [0.2, 0.25) is 0 Å². The Hall–Kier alpha value is -4.72. The third-order valence-electron chi connectivity index (χ3n) is 14.8. The second-order valence-electron chi connectivity index (χ2n) is 21.2. The Morgan fingerprint density at radius 2 is 1.16 bits per heavy atom. The van der Waals surface area contributed by atoms with Gasteiger partial charge in [-0.15, -0.1) is 45.3 Å². The molecular formula is C65H68BBr3N4O4S4. The molecular weight excluding hydrogens is 1280 g/mol. The smallest absolute Gasteiger partial charge is 0.465 e. The van der Waals surface area contributed by atoms with Crippen LogP contribution in [0.25, 0.3) is 52.5 Å². The Morgan fingerprint density at radius 1 is 0.691 bits per heavy atom. The predicted molar refractivity (Wildman–Crippen MR) is 357 cm³/mol. The molecule has 1 saturated carbocycles. The molecule has 2 aliphatic heterocycles. The minimum absolute atomic E-state index is 0.230. The third kappa shape index (κ3) is 18.1. The van der Waals surface area contributed by atoms with Crippen LogP contribution in [0.4, 0.5) is 0 Å². The molecule has 0 atom stereocenters. The molecule has 0 unspecified atom stereocenters. The van der Waals surface area contributed by atoms with E-state index in [1.165, 1.54) is 49.5 Å². The average Bonchev–Trinajstić information content (AvgIpc) is 4.38. The van der Waals surface area contributed by atoms with Crippen LogP contribution in [0.5, 0.6) is 0 Å². The Kier molecular flexibility index (Phi) is 23.2. The molecule has 81 heavy (non-hydrogen) atoms. The molecule has 0 spiro atoms. The molecule has 8 aromatic rings. The third-order valence-corrected chi connectivity index (χ3v) is 19.5. The van der Waals surface area contributed by atoms with E-state index in [4.69, 9.17) is 14.0 Å². The van der Waals surface area contributed by atoms with E-state index in [0.29, 0.717) is 5.92 Å². The number of ether oxygens (including phenoxy) is 1. The summed E-state index contributed by atoms with van der Waals surface area (Å²) >= 11 is 16.5. The highest BCUT2D eigenvalue weighted by molar-refractivity contribution is 9.10. The van der Waals surface area contributed by atoms with Crippen LogP contribution in [0, 0.1) is 11.8 Å². The second kappa shape index (κ2) is 30.2. The van der Waals surface area contributed by atoms with Gasteiger partial charge in [0.2, 0.25) is 0 Å². The molecule has 16 heteroatoms. The SMILES string of the molecule is BrCc1ccc(Br)cc1.Brc1ccc(/C=C/c2cscn2)cc1.CC1(C)OB(c2ccc(/C=C/c3cscn3)cc2)OC1(C)C.COC(=O)c1sc(-c2ccc(/C=C/c3cscn3)cc2)cc1C1=C(C2CCC(C)CC2)CN(C)CC1. The lowest BCUT2D eigenvalue weighted by molar-refractivity contribution is 0.00578. The number of methoxy groups -OCH3 is 1. The number of thiazole rings is 3. The van der Waals surface area contributed by atoms with Gasteiger partial charge in [0.25, 0.3) is 0 Å². The van der Waals surface area contributed by atoms with Gasteiger partial charge in [-0.2, -0.15) is 0 Å². The van der Waals surface area contributed by atoms with Gasteiger partial charge in [-0.25, -0.2) is 19.7 Å². The summed E-state index contributed by atoms with van der Waals surface area (Å²) in [7, 11) is 3.40. The first-order valence-electron chi connectivity index (χ1n) is 27.0. The number of benzene rings is 4. The average molecular weight is 1350 g/mol. The summed E-state index contributed by atoms with van der Waals surface area (Å²) in [5, 5.41) is 7.01. The molecule has 2 fully saturated rings. The van der Waals surface area contributed by atoms with Gasteiger partial charge in [-0.05, 0) is 159 Å². The molecule has 1 saturated heterocycles. The number of carbonyl (C=O) groups excluding carboxylic acids is 1. The minimum atomic E-state index is -0.305. The number of hydrogen-bond donors (Lipinski definition) is 0. The molecule has 420 valence electrons. The standard InChI is InChI=1S/C30H34N2O2S2.C17H20BNO2S.C11H8BrNS.C7H6Br2/c1-20-4-9-22(10-5-20)27-17-32(2)15-14-25(27)26-16-28(36-29(26)30(33)34-3)23-11-6-21(7-12-23)8-13-24-18-35-19-31-24;1-16(2)17(3,4)21-18(20-16)14-8-5-13(6-9-14)7-10-15-11-22-12-19-15;12-10-4-1-9(2-5-10)3-6-11-7-14-8-13-11;8-5-6-1-3-7(9)4-2-6/h6-8,11-13,16,18-20,22H,4-5,9-10,14-15,17H2,1-3H3;5-12H,1-4H3;1-8H;1-4H,5H2/b13-8+;10-7+;6-3+;. The summed E-state index contributed by atoms with van der Waals surface area (Å²) in [6.45, 7) is 12.7. The highest BCUT2D eigenvalue weighted by atomic mass is 79.9. The van der Waals surface area contributed by atoms with Crippen molar-refractivity contribution in [1.82, 2.24) is 19.9 Å². The summed E-state index contributed by atoms with van der Waals surface area (Å²) in [6, 6.07) is 35.5. The van der Waals surface area contributed by atoms with Crippen molar-refractivity contribution in [3.63, 3.8) is 0 Å². The fraction of sp³-hybridized carbons (Fsp3) is 0.292. The molecule has 1 aliphatic carbocycles. The molecule has 0 N–H and O–H groups in total. The van der Waals surface area contributed by atoms with E-state index in [1.54, 1.807) is 50.9 Å². The Bertz CT molecular complexity index is 3320. The number of aromatic nitrogens is 3. The summed E-state index contributed by atoms with van der Waals surface area (Å²) < 4.78 is 19.6. The van der Waals surface area contributed by atoms with Gasteiger partial charge in [-0.1, -0.05) is 159 Å². The number of likely N-dealkylation sites (N-methyl/N-ethyl adjacent to an activating group) is 1. The first kappa shape index (κ1) is 62.3. The van der Waals surface area contributed by atoms with Crippen molar-refractivity contribution in [3.8, 4) is 10.4 Å². The molecule has 4 aromatic heterocycles. The zero-order valence-electron chi connectivity index (χ0n) is 46.8. The van der Waals surface area contributed by atoms with Crippen molar-refractivity contribution in [2.24, 2.45) is 11.8 Å². The van der Waals surface area contributed by atoms with Crippen molar-refractivity contribution in [2.75, 3.05) is 27.2 Å². The quantitative estimate of drug-likeness (QED) is 0.0679. The largest absolute Gasteiger partial charge is 0.494 e. The zero-order valence-corrected chi connectivity index (χ0v) is 54.8. The van der Waals surface area contributed by atoms with E-state index in [1.807, 2.05) is 75.2 Å². The molecule has 0 radical (unpaired) electrons. The van der Waals surface area contributed by atoms with E-state index in [2.05, 4.69) is 206 Å². The number of hydrogen-bond acceptors (Lipinski definition) is 12. The van der Waals surface area contributed by atoms with Crippen LogP contribution in [-0.4, -0.2) is 71.4 Å². The fourth-order valence-corrected chi connectivity index (χ4v) is 12.9. The topological polar surface area (TPSA) is 86.7 Å². The van der Waals surface area contributed by atoms with Crippen molar-refractivity contribution < 1.29 is 18.8 Å². The lowest BCUT2D eigenvalue weighted by Gasteiger charge is -2.35. The summed E-state index contributed by atoms with van der Waals surface area (Å²) in [5.41, 5.74) is 18.8. The van der Waals surface area contributed by atoms with Gasteiger partial charge < -0.3 is 18.9 Å². The number of halogens is 3. The van der Waals surface area contributed by atoms with Crippen LogP contribution >= 0.6 is 93.1 Å². The molecule has 0 bridgehead atoms. The number of thiophene rings is 1. The van der Waals surface area contributed by atoms with Crippen LogP contribution < -0.4 is 5.46 Å². The molecule has 8 nitrogen and oxygen atoms in total. The van der Waals surface area contributed by atoms with Crippen molar-refractivity contribution in [2.45, 2.75) is 83.3 Å². The number of alkyl halides is 1. The monoisotopic (exact) mass is 1340 g/mol. The van der Waals surface area contributed by atoms with Crippen molar-refractivity contribution >= 4 is 154 Å². The number of rotatable bonds is 12. The lowest BCUT2D eigenvalue weighted by Crippen LogP contribution is -2.41. The van der Waals surface area contributed by atoms with E-state index in [9.17, 15) is 4.79 Å². The lowest BCUT2D eigenvalue weighted by atomic mass is 9.75. The highest BCUT2D eigenvalue weighted by Gasteiger charge is 2.51. The maximum atomic E-state index is 12.9. The zero-order chi connectivity index (χ0) is 57.4. The van der Waals surface area contributed by atoms with Crippen LogP contribution in [0.3, 0.4) is 0 Å². The maximum absolute atomic E-state index is 12.9. The number of carbonyl (C=O) groups is 1. The Morgan fingerprint density at radius 3 is 1.62 bits per heavy atom. The Labute approximate surface area is 520 Å². The van der Waals surface area contributed by atoms with E-state index >= 15 is 0 Å². The number of nitrogens with zero attached hydrogens (tertiary/aromatic N) is 4. The molecule has 4 aromatic carbocycles. The second-order valence-corrected chi connectivity index (χ2v) is 26.8.